The lowest BCUT2D eigenvalue weighted by molar-refractivity contribution is 0.245. The van der Waals surface area contributed by atoms with E-state index < -0.39 is 0 Å². The average molecular weight is 368 g/mol. The summed E-state index contributed by atoms with van der Waals surface area (Å²) in [5.41, 5.74) is 0.740. The minimum atomic E-state index is 0.196. The van der Waals surface area contributed by atoms with E-state index in [1.54, 1.807) is 14.2 Å². The van der Waals surface area contributed by atoms with E-state index in [-0.39, 0.29) is 6.04 Å². The molecule has 2 heterocycles. The number of halogens is 1. The fourth-order valence-electron chi connectivity index (χ4n) is 2.80. The van der Waals surface area contributed by atoms with Crippen LogP contribution in [-0.2, 0) is 0 Å². The van der Waals surface area contributed by atoms with E-state index in [2.05, 4.69) is 38.0 Å². The SMILES string of the molecule is COc1cc(Br)cc(-c2noc(C3CCCN3C)n2)c1OC. The molecule has 1 unspecified atom stereocenters. The molecule has 0 aliphatic carbocycles. The summed E-state index contributed by atoms with van der Waals surface area (Å²) in [5, 5.41) is 4.12. The molecule has 0 saturated carbocycles. The Morgan fingerprint density at radius 2 is 2.14 bits per heavy atom. The third kappa shape index (κ3) is 2.70. The van der Waals surface area contributed by atoms with Crippen molar-refractivity contribution in [1.82, 2.24) is 15.0 Å². The zero-order valence-electron chi connectivity index (χ0n) is 12.8. The minimum absolute atomic E-state index is 0.196. The topological polar surface area (TPSA) is 60.6 Å². The number of aromatic nitrogens is 2. The summed E-state index contributed by atoms with van der Waals surface area (Å²) in [6, 6.07) is 3.93. The molecule has 0 N–H and O–H groups in total. The third-order valence-electron chi connectivity index (χ3n) is 3.93. The first kappa shape index (κ1) is 15.3. The van der Waals surface area contributed by atoms with Crippen molar-refractivity contribution >= 4 is 15.9 Å². The van der Waals surface area contributed by atoms with Crippen LogP contribution in [0.2, 0.25) is 0 Å². The molecule has 1 aromatic heterocycles. The van der Waals surface area contributed by atoms with E-state index in [0.717, 1.165) is 29.4 Å². The van der Waals surface area contributed by atoms with Crippen LogP contribution < -0.4 is 9.47 Å². The van der Waals surface area contributed by atoms with Gasteiger partial charge in [0.05, 0.1) is 25.8 Å². The maximum absolute atomic E-state index is 5.47. The van der Waals surface area contributed by atoms with Crippen LogP contribution in [-0.4, -0.2) is 42.9 Å². The molecule has 22 heavy (non-hydrogen) atoms. The van der Waals surface area contributed by atoms with E-state index in [1.165, 1.54) is 0 Å². The van der Waals surface area contributed by atoms with Gasteiger partial charge in [-0.15, -0.1) is 0 Å². The van der Waals surface area contributed by atoms with Gasteiger partial charge in [-0.2, -0.15) is 4.98 Å². The van der Waals surface area contributed by atoms with Gasteiger partial charge in [-0.3, -0.25) is 4.90 Å². The van der Waals surface area contributed by atoms with Crippen LogP contribution in [0.3, 0.4) is 0 Å². The quantitative estimate of drug-likeness (QED) is 0.826. The molecule has 3 rings (SSSR count). The van der Waals surface area contributed by atoms with Gasteiger partial charge in [0.25, 0.3) is 0 Å². The second-order valence-electron chi connectivity index (χ2n) is 5.28. The van der Waals surface area contributed by atoms with Crippen molar-refractivity contribution < 1.29 is 14.0 Å². The maximum Gasteiger partial charge on any atom is 0.244 e. The number of hydrogen-bond donors (Lipinski definition) is 0. The lowest BCUT2D eigenvalue weighted by Crippen LogP contribution is -2.17. The van der Waals surface area contributed by atoms with Crippen LogP contribution in [0.25, 0.3) is 11.4 Å². The van der Waals surface area contributed by atoms with Gasteiger partial charge < -0.3 is 14.0 Å². The summed E-state index contributed by atoms with van der Waals surface area (Å²) in [6.07, 6.45) is 2.18. The third-order valence-corrected chi connectivity index (χ3v) is 4.39. The second-order valence-corrected chi connectivity index (χ2v) is 6.20. The Bertz CT molecular complexity index is 674. The molecule has 0 radical (unpaired) electrons. The molecule has 1 saturated heterocycles. The Kier molecular flexibility index (Phi) is 4.35. The highest BCUT2D eigenvalue weighted by Crippen LogP contribution is 2.40. The lowest BCUT2D eigenvalue weighted by atomic mass is 10.1. The summed E-state index contributed by atoms with van der Waals surface area (Å²) in [6.45, 7) is 1.05. The number of benzene rings is 1. The molecule has 1 atom stereocenters. The summed E-state index contributed by atoms with van der Waals surface area (Å²) in [5.74, 6) is 2.37. The second kappa shape index (κ2) is 6.26. The maximum atomic E-state index is 5.47. The molecule has 1 aliphatic rings. The predicted molar refractivity (Wildman–Crippen MR) is 85.1 cm³/mol. The van der Waals surface area contributed by atoms with Gasteiger partial charge in [0.1, 0.15) is 0 Å². The highest BCUT2D eigenvalue weighted by molar-refractivity contribution is 9.10. The van der Waals surface area contributed by atoms with Crippen LogP contribution >= 0.6 is 15.9 Å². The summed E-state index contributed by atoms with van der Waals surface area (Å²) in [4.78, 5) is 6.79. The van der Waals surface area contributed by atoms with E-state index in [4.69, 9.17) is 14.0 Å². The summed E-state index contributed by atoms with van der Waals surface area (Å²) in [7, 11) is 5.27. The highest BCUT2D eigenvalue weighted by Gasteiger charge is 2.28. The van der Waals surface area contributed by atoms with E-state index in [1.807, 2.05) is 12.1 Å². The Morgan fingerprint density at radius 1 is 1.32 bits per heavy atom. The molecule has 7 heteroatoms. The Labute approximate surface area is 137 Å². The van der Waals surface area contributed by atoms with Crippen molar-refractivity contribution in [3.63, 3.8) is 0 Å². The predicted octanol–water partition coefficient (Wildman–Crippen LogP) is 3.28. The molecule has 1 aliphatic heterocycles. The molecule has 1 aromatic carbocycles. The number of rotatable bonds is 4. The lowest BCUT2D eigenvalue weighted by Gasteiger charge is -2.14. The smallest absolute Gasteiger partial charge is 0.244 e. The van der Waals surface area contributed by atoms with Crippen LogP contribution in [0.1, 0.15) is 24.8 Å². The zero-order chi connectivity index (χ0) is 15.7. The van der Waals surface area contributed by atoms with Crippen molar-refractivity contribution in [2.75, 3.05) is 27.8 Å². The van der Waals surface area contributed by atoms with Crippen molar-refractivity contribution in [1.29, 1.82) is 0 Å². The number of ether oxygens (including phenoxy) is 2. The number of hydrogen-bond acceptors (Lipinski definition) is 6. The van der Waals surface area contributed by atoms with Crippen molar-refractivity contribution in [3.05, 3.63) is 22.5 Å². The molecule has 0 spiro atoms. The largest absolute Gasteiger partial charge is 0.493 e. The molecule has 6 nitrogen and oxygen atoms in total. The number of methoxy groups -OCH3 is 2. The van der Waals surface area contributed by atoms with Crippen LogP contribution in [0.15, 0.2) is 21.1 Å². The molecule has 2 aromatic rings. The molecule has 118 valence electrons. The van der Waals surface area contributed by atoms with E-state index in [0.29, 0.717) is 23.2 Å². The molecule has 1 fully saturated rings. The monoisotopic (exact) mass is 367 g/mol. The fraction of sp³-hybridized carbons (Fsp3) is 0.467. The fourth-order valence-corrected chi connectivity index (χ4v) is 3.24. The minimum Gasteiger partial charge on any atom is -0.493 e. The molecule has 0 bridgehead atoms. The van der Waals surface area contributed by atoms with Gasteiger partial charge in [-0.25, -0.2) is 0 Å². The van der Waals surface area contributed by atoms with Gasteiger partial charge in [0.15, 0.2) is 11.5 Å². The first-order valence-corrected chi connectivity index (χ1v) is 7.89. The molecular formula is C15H18BrN3O3. The standard InChI is InChI=1S/C15H18BrN3O3/c1-19-6-4-5-11(19)15-17-14(18-22-15)10-7-9(16)8-12(20-2)13(10)21-3/h7-8,11H,4-6H2,1-3H3. The Hall–Kier alpha value is -1.60. The number of likely N-dealkylation sites (tertiary alicyclic amines) is 1. The zero-order valence-corrected chi connectivity index (χ0v) is 14.4. The molecular weight excluding hydrogens is 350 g/mol. The summed E-state index contributed by atoms with van der Waals surface area (Å²) < 4.78 is 17.1. The van der Waals surface area contributed by atoms with Crippen LogP contribution in [0.5, 0.6) is 11.5 Å². The van der Waals surface area contributed by atoms with Gasteiger partial charge in [-0.05, 0) is 38.6 Å². The Morgan fingerprint density at radius 3 is 2.77 bits per heavy atom. The van der Waals surface area contributed by atoms with Crippen LogP contribution in [0, 0.1) is 0 Å². The van der Waals surface area contributed by atoms with E-state index in [9.17, 15) is 0 Å². The van der Waals surface area contributed by atoms with Gasteiger partial charge in [-0.1, -0.05) is 21.1 Å². The normalized spacial score (nSPS) is 18.6. The van der Waals surface area contributed by atoms with Crippen molar-refractivity contribution in [2.24, 2.45) is 0 Å². The average Bonchev–Trinajstić information content (AvgIpc) is 3.14. The van der Waals surface area contributed by atoms with Gasteiger partial charge in [0, 0.05) is 4.47 Å². The Balaban J connectivity index is 2.01. The highest BCUT2D eigenvalue weighted by atomic mass is 79.9. The van der Waals surface area contributed by atoms with Crippen molar-refractivity contribution in [3.8, 4) is 22.9 Å². The summed E-state index contributed by atoms with van der Waals surface area (Å²) >= 11 is 3.47. The van der Waals surface area contributed by atoms with Crippen LogP contribution in [0.4, 0.5) is 0 Å². The van der Waals surface area contributed by atoms with Crippen molar-refractivity contribution in [2.45, 2.75) is 18.9 Å². The van der Waals surface area contributed by atoms with Gasteiger partial charge >= 0.3 is 0 Å². The van der Waals surface area contributed by atoms with E-state index >= 15 is 0 Å². The molecule has 0 amide bonds. The first-order valence-electron chi connectivity index (χ1n) is 7.09. The number of nitrogens with zero attached hydrogens (tertiary/aromatic N) is 3. The van der Waals surface area contributed by atoms with Gasteiger partial charge in [0.2, 0.25) is 11.7 Å². The first-order chi connectivity index (χ1) is 10.6.